The first-order valence-electron chi connectivity index (χ1n) is 2.12. The summed E-state index contributed by atoms with van der Waals surface area (Å²) in [4.78, 5) is -0.873. The zero-order chi connectivity index (χ0) is 5.91. The molecule has 0 aromatic heterocycles. The van der Waals surface area contributed by atoms with Crippen LogP contribution in [-0.2, 0) is 0 Å². The second-order valence-corrected chi connectivity index (χ2v) is 2.67. The predicted octanol–water partition coefficient (Wildman–Crippen LogP) is 1.20. The van der Waals surface area contributed by atoms with Crippen LogP contribution in [0.3, 0.4) is 0 Å². The Bertz CT molecular complexity index is 63.0. The molecule has 42 valence electrons. The molecule has 0 saturated carbocycles. The van der Waals surface area contributed by atoms with Gasteiger partial charge in [-0.1, -0.05) is 6.08 Å². The Morgan fingerprint density at radius 1 is 2.00 bits per heavy atom. The average molecular weight is 118 g/mol. The maximum atomic E-state index is 8.81. The minimum absolute atomic E-state index is 0.524. The first-order chi connectivity index (χ1) is 3.06. The third-order valence-electron chi connectivity index (χ3n) is 0.531. The summed E-state index contributed by atoms with van der Waals surface area (Å²) >= 11 is 3.82. The van der Waals surface area contributed by atoms with Crippen molar-refractivity contribution in [2.45, 2.75) is 18.3 Å². The summed E-state index contributed by atoms with van der Waals surface area (Å²) in [5.74, 6) is 0. The first-order valence-corrected chi connectivity index (χ1v) is 2.56. The molecule has 0 aromatic carbocycles. The highest BCUT2D eigenvalue weighted by molar-refractivity contribution is 7.81. The van der Waals surface area contributed by atoms with E-state index in [0.29, 0.717) is 6.42 Å². The van der Waals surface area contributed by atoms with Crippen molar-refractivity contribution in [3.8, 4) is 0 Å². The molecule has 1 atom stereocenters. The molecule has 0 aliphatic carbocycles. The molecule has 0 bridgehead atoms. The lowest BCUT2D eigenvalue weighted by molar-refractivity contribution is 0.164. The highest BCUT2D eigenvalue weighted by atomic mass is 32.1. The van der Waals surface area contributed by atoms with Gasteiger partial charge in [-0.3, -0.25) is 0 Å². The molecule has 0 fully saturated rings. The molecule has 1 unspecified atom stereocenters. The fourth-order valence-electron chi connectivity index (χ4n) is 0.273. The number of hydrogen-bond acceptors (Lipinski definition) is 2. The van der Waals surface area contributed by atoms with E-state index in [0.717, 1.165) is 0 Å². The number of rotatable bonds is 2. The van der Waals surface area contributed by atoms with Crippen molar-refractivity contribution < 1.29 is 5.11 Å². The van der Waals surface area contributed by atoms with E-state index in [1.807, 2.05) is 0 Å². The van der Waals surface area contributed by atoms with Gasteiger partial charge in [-0.2, -0.15) is 0 Å². The van der Waals surface area contributed by atoms with Crippen molar-refractivity contribution in [3.05, 3.63) is 12.7 Å². The van der Waals surface area contributed by atoms with Crippen LogP contribution in [0.1, 0.15) is 13.3 Å². The largest absolute Gasteiger partial charge is 0.380 e. The third kappa shape index (κ3) is 6.05. The number of hydrogen-bond donors (Lipinski definition) is 2. The Labute approximate surface area is 49.5 Å². The van der Waals surface area contributed by atoms with E-state index >= 15 is 0 Å². The second-order valence-electron chi connectivity index (χ2n) is 1.71. The molecule has 0 heterocycles. The van der Waals surface area contributed by atoms with Crippen LogP contribution in [0.2, 0.25) is 0 Å². The van der Waals surface area contributed by atoms with Crippen molar-refractivity contribution in [3.63, 3.8) is 0 Å². The Morgan fingerprint density at radius 3 is 2.43 bits per heavy atom. The molecular formula is C5H10OS. The van der Waals surface area contributed by atoms with Gasteiger partial charge in [-0.25, -0.2) is 0 Å². The molecule has 1 N–H and O–H groups in total. The molecule has 2 heteroatoms. The van der Waals surface area contributed by atoms with Crippen LogP contribution in [0, 0.1) is 0 Å². The minimum Gasteiger partial charge on any atom is -0.380 e. The molecule has 0 rings (SSSR count). The summed E-state index contributed by atoms with van der Waals surface area (Å²) in [5.41, 5.74) is 0. The maximum Gasteiger partial charge on any atom is 0.108 e. The monoisotopic (exact) mass is 118 g/mol. The van der Waals surface area contributed by atoms with Gasteiger partial charge in [0.2, 0.25) is 0 Å². The van der Waals surface area contributed by atoms with Crippen LogP contribution in [0.5, 0.6) is 0 Å². The zero-order valence-corrected chi connectivity index (χ0v) is 5.28. The molecule has 7 heavy (non-hydrogen) atoms. The Hall–Kier alpha value is 0.0500. The van der Waals surface area contributed by atoms with Gasteiger partial charge in [0.1, 0.15) is 4.93 Å². The molecular weight excluding hydrogens is 108 g/mol. The lowest BCUT2D eigenvalue weighted by Gasteiger charge is -2.11. The van der Waals surface area contributed by atoms with E-state index in [1.165, 1.54) is 0 Å². The van der Waals surface area contributed by atoms with Crippen molar-refractivity contribution in [2.24, 2.45) is 0 Å². The molecule has 0 radical (unpaired) electrons. The summed E-state index contributed by atoms with van der Waals surface area (Å²) in [6.45, 7) is 5.06. The van der Waals surface area contributed by atoms with E-state index < -0.39 is 4.93 Å². The Morgan fingerprint density at radius 2 is 2.43 bits per heavy atom. The number of thiol groups is 1. The first kappa shape index (κ1) is 7.05. The highest BCUT2D eigenvalue weighted by Gasteiger charge is 2.08. The van der Waals surface area contributed by atoms with E-state index in [2.05, 4.69) is 19.2 Å². The SMILES string of the molecule is C=CCC(C)(O)S. The standard InChI is InChI=1S/C5H10OS/c1-3-4-5(2,6)7/h3,6-7H,1,4H2,2H3. The summed E-state index contributed by atoms with van der Waals surface area (Å²) < 4.78 is 0. The zero-order valence-electron chi connectivity index (χ0n) is 4.39. The number of aliphatic hydroxyl groups is 1. The fraction of sp³-hybridized carbons (Fsp3) is 0.600. The summed E-state index contributed by atoms with van der Waals surface area (Å²) in [6, 6.07) is 0. The van der Waals surface area contributed by atoms with Crippen LogP contribution in [-0.4, -0.2) is 10.0 Å². The van der Waals surface area contributed by atoms with E-state index in [1.54, 1.807) is 13.0 Å². The van der Waals surface area contributed by atoms with Crippen LogP contribution >= 0.6 is 12.6 Å². The molecule has 0 saturated heterocycles. The lowest BCUT2D eigenvalue weighted by atomic mass is 10.3. The topological polar surface area (TPSA) is 20.2 Å². The smallest absolute Gasteiger partial charge is 0.108 e. The molecule has 0 aliphatic rings. The van der Waals surface area contributed by atoms with Gasteiger partial charge in [-0.05, 0) is 6.92 Å². The highest BCUT2D eigenvalue weighted by Crippen LogP contribution is 2.12. The van der Waals surface area contributed by atoms with Gasteiger partial charge in [0.05, 0.1) is 0 Å². The van der Waals surface area contributed by atoms with Gasteiger partial charge in [0.15, 0.2) is 0 Å². The maximum absolute atomic E-state index is 8.81. The van der Waals surface area contributed by atoms with E-state index in [4.69, 9.17) is 5.11 Å². The third-order valence-corrected chi connectivity index (χ3v) is 0.714. The van der Waals surface area contributed by atoms with Crippen molar-refractivity contribution in [2.75, 3.05) is 0 Å². The van der Waals surface area contributed by atoms with Gasteiger partial charge in [0.25, 0.3) is 0 Å². The van der Waals surface area contributed by atoms with Crippen LogP contribution in [0.25, 0.3) is 0 Å². The molecule has 0 aliphatic heterocycles. The van der Waals surface area contributed by atoms with Gasteiger partial charge in [-0.15, -0.1) is 19.2 Å². The second kappa shape index (κ2) is 2.38. The fourth-order valence-corrected chi connectivity index (χ4v) is 0.403. The van der Waals surface area contributed by atoms with Crippen LogP contribution < -0.4 is 0 Å². The molecule has 1 nitrogen and oxygen atoms in total. The normalized spacial score (nSPS) is 18.1. The Balaban J connectivity index is 3.34. The predicted molar refractivity (Wildman–Crippen MR) is 34.4 cm³/mol. The van der Waals surface area contributed by atoms with Gasteiger partial charge in [0, 0.05) is 6.42 Å². The van der Waals surface area contributed by atoms with Gasteiger partial charge < -0.3 is 5.11 Å². The average Bonchev–Trinajstić information content (AvgIpc) is 1.30. The molecule has 0 aromatic rings. The van der Waals surface area contributed by atoms with Crippen LogP contribution in [0.4, 0.5) is 0 Å². The minimum atomic E-state index is -0.873. The summed E-state index contributed by atoms with van der Waals surface area (Å²) in [7, 11) is 0. The quantitative estimate of drug-likeness (QED) is 0.317. The molecule has 0 amide bonds. The van der Waals surface area contributed by atoms with Crippen molar-refractivity contribution >= 4 is 12.6 Å². The van der Waals surface area contributed by atoms with Gasteiger partial charge >= 0.3 is 0 Å². The Kier molecular flexibility index (Phi) is 2.40. The van der Waals surface area contributed by atoms with E-state index in [-0.39, 0.29) is 0 Å². The van der Waals surface area contributed by atoms with Crippen LogP contribution in [0.15, 0.2) is 12.7 Å². The van der Waals surface area contributed by atoms with Crippen molar-refractivity contribution in [1.29, 1.82) is 0 Å². The van der Waals surface area contributed by atoms with E-state index in [9.17, 15) is 0 Å². The molecule has 0 spiro atoms. The summed E-state index contributed by atoms with van der Waals surface area (Å²) in [6.07, 6.45) is 2.16. The summed E-state index contributed by atoms with van der Waals surface area (Å²) in [5, 5.41) is 8.81. The van der Waals surface area contributed by atoms with Crippen molar-refractivity contribution in [1.82, 2.24) is 0 Å². The lowest BCUT2D eigenvalue weighted by Crippen LogP contribution is -2.12.